The number of hydrogen-bond donors (Lipinski definition) is 0. The molecule has 0 aromatic heterocycles. The second-order valence-electron chi connectivity index (χ2n) is 9.50. The van der Waals surface area contributed by atoms with Gasteiger partial charge in [0.15, 0.2) is 11.6 Å². The van der Waals surface area contributed by atoms with Crippen LogP contribution in [-0.2, 0) is 12.8 Å². The number of fused-ring (bicyclic) bond motifs is 2. The van der Waals surface area contributed by atoms with Crippen molar-refractivity contribution in [1.29, 1.82) is 0 Å². The van der Waals surface area contributed by atoms with Crippen LogP contribution in [0.2, 0.25) is 0 Å². The van der Waals surface area contributed by atoms with Gasteiger partial charge >= 0.3 is 0 Å². The third kappa shape index (κ3) is 3.51. The molecule has 6 rings (SSSR count). The number of carbonyl (C=O) groups is 2. The molecule has 0 amide bonds. The lowest BCUT2D eigenvalue weighted by Gasteiger charge is -2.12. The lowest BCUT2D eigenvalue weighted by atomic mass is 9.90. The Morgan fingerprint density at radius 2 is 0.853 bits per heavy atom. The molecular formula is C32H26O2. The summed E-state index contributed by atoms with van der Waals surface area (Å²) >= 11 is 0. The molecule has 34 heavy (non-hydrogen) atoms. The van der Waals surface area contributed by atoms with Crippen molar-refractivity contribution in [3.05, 3.63) is 119 Å². The first-order valence-corrected chi connectivity index (χ1v) is 12.1. The molecule has 4 aromatic carbocycles. The molecular weight excluding hydrogens is 416 g/mol. The smallest absolute Gasteiger partial charge is 0.166 e. The molecule has 0 aliphatic heterocycles. The number of Topliss-reactive ketones (excluding diaryl/α,β-unsaturated/α-hetero) is 2. The molecule has 0 N–H and O–H groups in total. The molecule has 0 fully saturated rings. The van der Waals surface area contributed by atoms with Gasteiger partial charge in [-0.1, -0.05) is 97.1 Å². The van der Waals surface area contributed by atoms with Crippen LogP contribution in [0.4, 0.5) is 0 Å². The predicted octanol–water partition coefficient (Wildman–Crippen LogP) is 7.21. The first kappa shape index (κ1) is 20.8. The van der Waals surface area contributed by atoms with Crippen LogP contribution < -0.4 is 0 Å². The zero-order chi connectivity index (χ0) is 23.1. The largest absolute Gasteiger partial charge is 0.294 e. The lowest BCUT2D eigenvalue weighted by Crippen LogP contribution is -2.15. The van der Waals surface area contributed by atoms with Crippen LogP contribution >= 0.6 is 0 Å². The van der Waals surface area contributed by atoms with Gasteiger partial charge in [0.1, 0.15) is 0 Å². The third-order valence-corrected chi connectivity index (χ3v) is 7.56. The van der Waals surface area contributed by atoms with Crippen molar-refractivity contribution in [2.45, 2.75) is 25.7 Å². The first-order valence-electron chi connectivity index (χ1n) is 12.1. The minimum atomic E-state index is -0.0371. The Kier molecular flexibility index (Phi) is 5.22. The Labute approximate surface area is 200 Å². The maximum atomic E-state index is 13.2. The molecule has 2 atom stereocenters. The minimum Gasteiger partial charge on any atom is -0.294 e. The molecule has 166 valence electrons. The topological polar surface area (TPSA) is 34.1 Å². The molecule has 0 heterocycles. The molecule has 0 saturated carbocycles. The monoisotopic (exact) mass is 442 g/mol. The Bertz CT molecular complexity index is 1280. The van der Waals surface area contributed by atoms with Crippen LogP contribution in [0.5, 0.6) is 0 Å². The van der Waals surface area contributed by atoms with Gasteiger partial charge in [0.25, 0.3) is 0 Å². The van der Waals surface area contributed by atoms with Gasteiger partial charge in [-0.15, -0.1) is 0 Å². The van der Waals surface area contributed by atoms with Crippen LogP contribution in [-0.4, -0.2) is 11.6 Å². The van der Waals surface area contributed by atoms with E-state index < -0.39 is 0 Å². The molecule has 2 aliphatic carbocycles. The van der Waals surface area contributed by atoms with Crippen LogP contribution in [0.3, 0.4) is 0 Å². The second-order valence-corrected chi connectivity index (χ2v) is 9.50. The Morgan fingerprint density at radius 1 is 0.471 bits per heavy atom. The van der Waals surface area contributed by atoms with Crippen LogP contribution in [0.25, 0.3) is 22.3 Å². The van der Waals surface area contributed by atoms with Gasteiger partial charge in [-0.3, -0.25) is 9.59 Å². The Balaban J connectivity index is 1.20. The number of ketones is 2. The molecule has 0 bridgehead atoms. The fraction of sp³-hybridized carbons (Fsp3) is 0.188. The standard InChI is InChI=1S/C32H26O2/c33-31-23(19-29-25(13-7-15-27(29)31)21-9-3-1-4-10-21)17-18-24-20-30-26(22-11-5-2-6-12-22)14-8-16-28(30)32(24)34/h1-16,23-24H,17-20H2. The van der Waals surface area contributed by atoms with Gasteiger partial charge in [0.05, 0.1) is 0 Å². The fourth-order valence-electron chi connectivity index (χ4n) is 5.84. The maximum Gasteiger partial charge on any atom is 0.166 e. The van der Waals surface area contributed by atoms with Gasteiger partial charge in [-0.05, 0) is 59.1 Å². The number of carbonyl (C=O) groups excluding carboxylic acids is 2. The molecule has 2 heteroatoms. The van der Waals surface area contributed by atoms with E-state index >= 15 is 0 Å². The first-order chi connectivity index (χ1) is 16.7. The summed E-state index contributed by atoms with van der Waals surface area (Å²) in [5.41, 5.74) is 8.67. The highest BCUT2D eigenvalue weighted by atomic mass is 16.1. The van der Waals surface area contributed by atoms with Crippen molar-refractivity contribution < 1.29 is 9.59 Å². The average Bonchev–Trinajstić information content (AvgIpc) is 3.40. The van der Waals surface area contributed by atoms with Crippen molar-refractivity contribution in [3.63, 3.8) is 0 Å². The number of hydrogen-bond acceptors (Lipinski definition) is 2. The Hall–Kier alpha value is -3.78. The molecule has 0 spiro atoms. The van der Waals surface area contributed by atoms with Gasteiger partial charge in [0.2, 0.25) is 0 Å². The number of benzene rings is 4. The predicted molar refractivity (Wildman–Crippen MR) is 136 cm³/mol. The molecule has 4 aromatic rings. The third-order valence-electron chi connectivity index (χ3n) is 7.56. The van der Waals surface area contributed by atoms with E-state index in [9.17, 15) is 9.59 Å². The lowest BCUT2D eigenvalue weighted by molar-refractivity contribution is 0.0888. The quantitative estimate of drug-likeness (QED) is 0.327. The molecule has 2 nitrogen and oxygen atoms in total. The van der Waals surface area contributed by atoms with Crippen LogP contribution in [0.1, 0.15) is 44.7 Å². The van der Waals surface area contributed by atoms with E-state index in [0.717, 1.165) is 70.2 Å². The van der Waals surface area contributed by atoms with E-state index in [-0.39, 0.29) is 23.4 Å². The summed E-state index contributed by atoms with van der Waals surface area (Å²) in [5, 5.41) is 0. The summed E-state index contributed by atoms with van der Waals surface area (Å²) < 4.78 is 0. The molecule has 0 saturated heterocycles. The van der Waals surface area contributed by atoms with E-state index in [2.05, 4.69) is 36.4 Å². The van der Waals surface area contributed by atoms with E-state index in [1.165, 1.54) is 0 Å². The van der Waals surface area contributed by atoms with E-state index in [1.54, 1.807) is 0 Å². The zero-order valence-corrected chi connectivity index (χ0v) is 19.0. The zero-order valence-electron chi connectivity index (χ0n) is 19.0. The van der Waals surface area contributed by atoms with Crippen molar-refractivity contribution in [1.82, 2.24) is 0 Å². The number of rotatable bonds is 5. The van der Waals surface area contributed by atoms with Gasteiger partial charge in [0, 0.05) is 23.0 Å². The minimum absolute atomic E-state index is 0.0371. The van der Waals surface area contributed by atoms with Crippen LogP contribution in [0, 0.1) is 11.8 Å². The summed E-state index contributed by atoms with van der Waals surface area (Å²) in [5.74, 6) is 0.399. The maximum absolute atomic E-state index is 13.2. The van der Waals surface area contributed by atoms with Crippen molar-refractivity contribution in [2.24, 2.45) is 11.8 Å². The van der Waals surface area contributed by atoms with Crippen LogP contribution in [0.15, 0.2) is 97.1 Å². The average molecular weight is 443 g/mol. The highest BCUT2D eigenvalue weighted by Gasteiger charge is 2.36. The summed E-state index contributed by atoms with van der Waals surface area (Å²) in [6.07, 6.45) is 3.05. The van der Waals surface area contributed by atoms with Crippen molar-refractivity contribution in [3.8, 4) is 22.3 Å². The van der Waals surface area contributed by atoms with E-state index in [4.69, 9.17) is 0 Å². The van der Waals surface area contributed by atoms with Gasteiger partial charge in [-0.2, -0.15) is 0 Å². The summed E-state index contributed by atoms with van der Waals surface area (Å²) in [6, 6.07) is 32.7. The molecule has 0 radical (unpaired) electrons. The van der Waals surface area contributed by atoms with Gasteiger partial charge in [-0.25, -0.2) is 0 Å². The summed E-state index contributed by atoms with van der Waals surface area (Å²) in [7, 11) is 0. The second kappa shape index (κ2) is 8.53. The summed E-state index contributed by atoms with van der Waals surface area (Å²) in [4.78, 5) is 26.5. The highest BCUT2D eigenvalue weighted by molar-refractivity contribution is 6.05. The Morgan fingerprint density at radius 3 is 1.26 bits per heavy atom. The molecule has 2 aliphatic rings. The normalized spacial score (nSPS) is 18.7. The fourth-order valence-corrected chi connectivity index (χ4v) is 5.84. The van der Waals surface area contributed by atoms with Crippen molar-refractivity contribution >= 4 is 11.6 Å². The summed E-state index contributed by atoms with van der Waals surface area (Å²) in [6.45, 7) is 0. The SMILES string of the molecule is O=C1c2cccc(-c3ccccc3)c2CC1CCC1Cc2c(cccc2-c2ccccc2)C1=O. The van der Waals surface area contributed by atoms with E-state index in [0.29, 0.717) is 0 Å². The van der Waals surface area contributed by atoms with E-state index in [1.807, 2.05) is 60.7 Å². The van der Waals surface area contributed by atoms with Crippen molar-refractivity contribution in [2.75, 3.05) is 0 Å². The molecule has 2 unspecified atom stereocenters. The highest BCUT2D eigenvalue weighted by Crippen LogP contribution is 2.40. The van der Waals surface area contributed by atoms with Gasteiger partial charge < -0.3 is 0 Å².